The molecule has 1 aromatic heterocycles. The first-order valence-corrected chi connectivity index (χ1v) is 6.97. The fourth-order valence-electron chi connectivity index (χ4n) is 1.61. The lowest BCUT2D eigenvalue weighted by molar-refractivity contribution is -0.141. The van der Waals surface area contributed by atoms with Crippen LogP contribution < -0.4 is 10.5 Å². The molecule has 112 valence electrons. The van der Waals surface area contributed by atoms with Crippen LogP contribution in [0.5, 0.6) is 5.75 Å². The minimum Gasteiger partial charge on any atom is -0.497 e. The van der Waals surface area contributed by atoms with E-state index >= 15 is 0 Å². The van der Waals surface area contributed by atoms with Gasteiger partial charge in [0, 0.05) is 10.6 Å². The average molecular weight is 314 g/mol. The fraction of sp³-hybridized carbons (Fsp3) is 0.214. The molecule has 2 N–H and O–H groups in total. The molecule has 0 atom stereocenters. The Bertz CT molecular complexity index is 615. The van der Waals surface area contributed by atoms with Gasteiger partial charge in [0.1, 0.15) is 11.4 Å². The topological polar surface area (TPSA) is 48.1 Å². The summed E-state index contributed by atoms with van der Waals surface area (Å²) in [6.07, 6.45) is -3.43. The summed E-state index contributed by atoms with van der Waals surface area (Å²) in [4.78, 5) is 3.68. The van der Waals surface area contributed by atoms with Gasteiger partial charge in [0.15, 0.2) is 0 Å². The fourth-order valence-corrected chi connectivity index (χ4v) is 2.54. The number of benzene rings is 1. The van der Waals surface area contributed by atoms with E-state index in [1.807, 2.05) is 12.1 Å². The van der Waals surface area contributed by atoms with Gasteiger partial charge >= 0.3 is 6.18 Å². The highest BCUT2D eigenvalue weighted by molar-refractivity contribution is 7.98. The number of anilines is 1. The van der Waals surface area contributed by atoms with E-state index in [0.717, 1.165) is 23.6 Å². The van der Waals surface area contributed by atoms with Crippen molar-refractivity contribution >= 4 is 17.4 Å². The van der Waals surface area contributed by atoms with Crippen LogP contribution in [0, 0.1) is 0 Å². The van der Waals surface area contributed by atoms with Crippen molar-refractivity contribution in [1.29, 1.82) is 0 Å². The lowest BCUT2D eigenvalue weighted by Gasteiger charge is -2.10. The first-order valence-electron chi connectivity index (χ1n) is 5.98. The molecule has 0 aliphatic rings. The molecule has 2 aromatic rings. The van der Waals surface area contributed by atoms with Gasteiger partial charge in [-0.1, -0.05) is 12.1 Å². The predicted octanol–water partition coefficient (Wildman–Crippen LogP) is 3.98. The molecule has 7 heteroatoms. The number of pyridine rings is 1. The zero-order chi connectivity index (χ0) is 15.5. The SMILES string of the molecule is COc1ccc(CSc2cc(C(F)(F)F)ncc2N)cc1. The Labute approximate surface area is 124 Å². The van der Waals surface area contributed by atoms with Gasteiger partial charge in [-0.15, -0.1) is 11.8 Å². The molecular formula is C14H13F3N2OS. The molecule has 0 saturated heterocycles. The highest BCUT2D eigenvalue weighted by Crippen LogP contribution is 2.34. The molecule has 0 aliphatic carbocycles. The molecule has 0 saturated carbocycles. The van der Waals surface area contributed by atoms with Crippen molar-refractivity contribution in [1.82, 2.24) is 4.98 Å². The van der Waals surface area contributed by atoms with Crippen molar-refractivity contribution in [3.63, 3.8) is 0 Å². The van der Waals surface area contributed by atoms with Crippen LogP contribution in [0.4, 0.5) is 18.9 Å². The van der Waals surface area contributed by atoms with E-state index in [1.54, 1.807) is 19.2 Å². The third-order valence-corrected chi connectivity index (χ3v) is 3.88. The van der Waals surface area contributed by atoms with Gasteiger partial charge in [-0.25, -0.2) is 4.98 Å². The normalized spacial score (nSPS) is 11.4. The van der Waals surface area contributed by atoms with E-state index in [1.165, 1.54) is 11.8 Å². The molecule has 0 amide bonds. The van der Waals surface area contributed by atoms with Crippen molar-refractivity contribution in [3.8, 4) is 5.75 Å². The zero-order valence-corrected chi connectivity index (χ0v) is 12.0. The molecule has 0 aliphatic heterocycles. The Kier molecular flexibility index (Phi) is 4.62. The quantitative estimate of drug-likeness (QED) is 0.867. The maximum atomic E-state index is 12.6. The van der Waals surface area contributed by atoms with Crippen molar-refractivity contribution in [2.24, 2.45) is 0 Å². The number of methoxy groups -OCH3 is 1. The number of nitrogens with two attached hydrogens (primary N) is 1. The molecule has 1 aromatic carbocycles. The summed E-state index contributed by atoms with van der Waals surface area (Å²) in [7, 11) is 1.57. The van der Waals surface area contributed by atoms with Crippen molar-refractivity contribution < 1.29 is 17.9 Å². The lowest BCUT2D eigenvalue weighted by atomic mass is 10.2. The maximum Gasteiger partial charge on any atom is 0.433 e. The molecule has 2 rings (SSSR count). The van der Waals surface area contributed by atoms with Crippen LogP contribution >= 0.6 is 11.8 Å². The highest BCUT2D eigenvalue weighted by atomic mass is 32.2. The summed E-state index contributed by atoms with van der Waals surface area (Å²) in [6.45, 7) is 0. The number of nitrogens with zero attached hydrogens (tertiary/aromatic N) is 1. The van der Waals surface area contributed by atoms with Crippen molar-refractivity contribution in [2.75, 3.05) is 12.8 Å². The Morgan fingerprint density at radius 2 is 1.90 bits per heavy atom. The number of aromatic nitrogens is 1. The first kappa shape index (κ1) is 15.5. The maximum absolute atomic E-state index is 12.6. The van der Waals surface area contributed by atoms with E-state index in [-0.39, 0.29) is 5.69 Å². The average Bonchev–Trinajstić information content (AvgIpc) is 2.45. The minimum atomic E-state index is -4.47. The van der Waals surface area contributed by atoms with Gasteiger partial charge in [0.2, 0.25) is 0 Å². The Morgan fingerprint density at radius 3 is 2.48 bits per heavy atom. The molecule has 0 fully saturated rings. The van der Waals surface area contributed by atoms with Gasteiger partial charge in [-0.05, 0) is 23.8 Å². The highest BCUT2D eigenvalue weighted by Gasteiger charge is 2.32. The second kappa shape index (κ2) is 6.26. The summed E-state index contributed by atoms with van der Waals surface area (Å²) in [5, 5.41) is 0. The molecule has 1 heterocycles. The number of alkyl halides is 3. The Hall–Kier alpha value is -1.89. The predicted molar refractivity (Wildman–Crippen MR) is 76.2 cm³/mol. The summed E-state index contributed by atoms with van der Waals surface area (Å²) >= 11 is 1.24. The zero-order valence-electron chi connectivity index (χ0n) is 11.1. The molecule has 21 heavy (non-hydrogen) atoms. The Morgan fingerprint density at radius 1 is 1.24 bits per heavy atom. The Balaban J connectivity index is 2.11. The number of hydrogen-bond donors (Lipinski definition) is 1. The second-order valence-corrected chi connectivity index (χ2v) is 5.26. The van der Waals surface area contributed by atoms with Crippen LogP contribution in [0.1, 0.15) is 11.3 Å². The first-order chi connectivity index (χ1) is 9.90. The number of hydrogen-bond acceptors (Lipinski definition) is 4. The number of halogens is 3. The molecular weight excluding hydrogens is 301 g/mol. The molecule has 0 radical (unpaired) electrons. The third kappa shape index (κ3) is 4.04. The van der Waals surface area contributed by atoms with Crippen LogP contribution in [0.3, 0.4) is 0 Å². The monoisotopic (exact) mass is 314 g/mol. The molecule has 0 spiro atoms. The number of ether oxygens (including phenoxy) is 1. The number of thioether (sulfide) groups is 1. The number of nitrogen functional groups attached to an aromatic ring is 1. The largest absolute Gasteiger partial charge is 0.497 e. The van der Waals surface area contributed by atoms with Crippen molar-refractivity contribution in [3.05, 3.63) is 47.8 Å². The molecule has 0 unspecified atom stereocenters. The van der Waals surface area contributed by atoms with Crippen molar-refractivity contribution in [2.45, 2.75) is 16.8 Å². The van der Waals surface area contributed by atoms with Crippen LogP contribution in [0.2, 0.25) is 0 Å². The van der Waals surface area contributed by atoms with Crippen LogP contribution in [-0.4, -0.2) is 12.1 Å². The second-order valence-electron chi connectivity index (χ2n) is 4.24. The summed E-state index contributed by atoms with van der Waals surface area (Å²) in [6, 6.07) is 8.28. The van der Waals surface area contributed by atoms with Crippen LogP contribution in [0.15, 0.2) is 41.4 Å². The number of rotatable bonds is 4. The van der Waals surface area contributed by atoms with E-state index < -0.39 is 11.9 Å². The van der Waals surface area contributed by atoms with Gasteiger partial charge in [-0.2, -0.15) is 13.2 Å². The molecule has 0 bridgehead atoms. The van der Waals surface area contributed by atoms with Gasteiger partial charge in [-0.3, -0.25) is 0 Å². The van der Waals surface area contributed by atoms with Crippen LogP contribution in [0.25, 0.3) is 0 Å². The third-order valence-electron chi connectivity index (χ3n) is 2.74. The van der Waals surface area contributed by atoms with Crippen LogP contribution in [-0.2, 0) is 11.9 Å². The van der Waals surface area contributed by atoms with E-state index in [4.69, 9.17) is 10.5 Å². The summed E-state index contributed by atoms with van der Waals surface area (Å²) in [5.74, 6) is 1.24. The van der Waals surface area contributed by atoms with E-state index in [9.17, 15) is 13.2 Å². The van der Waals surface area contributed by atoms with Gasteiger partial charge in [0.25, 0.3) is 0 Å². The minimum absolute atomic E-state index is 0.238. The van der Waals surface area contributed by atoms with E-state index in [2.05, 4.69) is 4.98 Å². The van der Waals surface area contributed by atoms with Gasteiger partial charge in [0.05, 0.1) is 19.0 Å². The summed E-state index contributed by atoms with van der Waals surface area (Å²) in [5.41, 5.74) is 5.94. The van der Waals surface area contributed by atoms with E-state index in [0.29, 0.717) is 10.6 Å². The standard InChI is InChI=1S/C14H13F3N2OS/c1-20-10-4-2-9(3-5-10)8-21-12-6-13(14(15,16)17)19-7-11(12)18/h2-7H,8,18H2,1H3. The smallest absolute Gasteiger partial charge is 0.433 e. The molecule has 3 nitrogen and oxygen atoms in total. The summed E-state index contributed by atoms with van der Waals surface area (Å²) < 4.78 is 42.9. The lowest BCUT2D eigenvalue weighted by Crippen LogP contribution is -2.08. The van der Waals surface area contributed by atoms with Gasteiger partial charge < -0.3 is 10.5 Å².